The van der Waals surface area contributed by atoms with Crippen LogP contribution in [0.5, 0.6) is 0 Å². The molecule has 0 N–H and O–H groups in total. The molecule has 0 heterocycles. The summed E-state index contributed by atoms with van der Waals surface area (Å²) in [5, 5.41) is 0. The minimum atomic E-state index is 1.34. The van der Waals surface area contributed by atoms with Crippen LogP contribution in [-0.2, 0) is 0 Å². The van der Waals surface area contributed by atoms with Crippen molar-refractivity contribution in [3.63, 3.8) is 0 Å². The Balaban J connectivity index is 2.74. The van der Waals surface area contributed by atoms with Crippen LogP contribution >= 0.6 is 0 Å². The van der Waals surface area contributed by atoms with Crippen molar-refractivity contribution < 1.29 is 0 Å². The van der Waals surface area contributed by atoms with E-state index in [0.29, 0.717) is 0 Å². The van der Waals surface area contributed by atoms with Gasteiger partial charge in [-0.1, -0.05) is 29.8 Å². The molecule has 0 fully saturated rings. The van der Waals surface area contributed by atoms with Crippen LogP contribution < -0.4 is 0 Å². The van der Waals surface area contributed by atoms with Crippen molar-refractivity contribution in [3.8, 4) is 11.1 Å². The molecule has 0 radical (unpaired) electrons. The third kappa shape index (κ3) is 2.08. The molecule has 0 nitrogen and oxygen atoms in total. The lowest BCUT2D eigenvalue weighted by Gasteiger charge is -2.16. The van der Waals surface area contributed by atoms with Crippen molar-refractivity contribution in [1.82, 2.24) is 0 Å². The molecular formula is C18H22. The zero-order valence-electron chi connectivity index (χ0n) is 12.3. The molecular weight excluding hydrogens is 216 g/mol. The van der Waals surface area contributed by atoms with Gasteiger partial charge in [0.15, 0.2) is 0 Å². The van der Waals surface area contributed by atoms with E-state index in [1.807, 2.05) is 0 Å². The first-order chi connectivity index (χ1) is 8.41. The Morgan fingerprint density at radius 2 is 1.17 bits per heavy atom. The average Bonchev–Trinajstić information content (AvgIpc) is 2.28. The van der Waals surface area contributed by atoms with Gasteiger partial charge in [0.05, 0.1) is 0 Å². The van der Waals surface area contributed by atoms with Crippen LogP contribution in [0.25, 0.3) is 11.1 Å². The number of hydrogen-bond acceptors (Lipinski definition) is 0. The van der Waals surface area contributed by atoms with Gasteiger partial charge in [-0.2, -0.15) is 0 Å². The summed E-state index contributed by atoms with van der Waals surface area (Å²) in [6.45, 7) is 13.2. The molecule has 0 unspecified atom stereocenters. The highest BCUT2D eigenvalue weighted by molar-refractivity contribution is 5.75. The molecule has 2 aromatic rings. The van der Waals surface area contributed by atoms with E-state index in [0.717, 1.165) is 0 Å². The Bertz CT molecular complexity index is 581. The third-order valence-corrected chi connectivity index (χ3v) is 4.00. The van der Waals surface area contributed by atoms with Crippen molar-refractivity contribution >= 4 is 0 Å². The van der Waals surface area contributed by atoms with Gasteiger partial charge in [-0.25, -0.2) is 0 Å². The van der Waals surface area contributed by atoms with Gasteiger partial charge in [0, 0.05) is 0 Å². The normalized spacial score (nSPS) is 10.8. The van der Waals surface area contributed by atoms with Crippen molar-refractivity contribution in [2.75, 3.05) is 0 Å². The number of hydrogen-bond donors (Lipinski definition) is 0. The molecule has 0 bridgehead atoms. The highest BCUT2D eigenvalue weighted by Crippen LogP contribution is 2.32. The van der Waals surface area contributed by atoms with Gasteiger partial charge in [-0.05, 0) is 80.5 Å². The van der Waals surface area contributed by atoms with Crippen LogP contribution in [0.2, 0.25) is 0 Å². The summed E-state index contributed by atoms with van der Waals surface area (Å²) in [4.78, 5) is 0. The maximum atomic E-state index is 2.27. The van der Waals surface area contributed by atoms with Crippen LogP contribution in [0.4, 0.5) is 0 Å². The van der Waals surface area contributed by atoms with Gasteiger partial charge < -0.3 is 0 Å². The lowest BCUT2D eigenvalue weighted by Crippen LogP contribution is -1.95. The molecule has 0 saturated carbocycles. The van der Waals surface area contributed by atoms with E-state index in [1.165, 1.54) is 44.5 Å². The average molecular weight is 238 g/mol. The van der Waals surface area contributed by atoms with E-state index < -0.39 is 0 Å². The molecule has 0 aromatic heterocycles. The minimum Gasteiger partial charge on any atom is -0.0584 e. The predicted molar refractivity (Wildman–Crippen MR) is 80.3 cm³/mol. The Labute approximate surface area is 111 Å². The second-order valence-corrected chi connectivity index (χ2v) is 5.45. The first-order valence-electron chi connectivity index (χ1n) is 6.57. The summed E-state index contributed by atoms with van der Waals surface area (Å²) >= 11 is 0. The highest BCUT2D eigenvalue weighted by atomic mass is 14.2. The fraction of sp³-hybridized carbons (Fsp3) is 0.333. The maximum absolute atomic E-state index is 2.27. The maximum Gasteiger partial charge on any atom is -0.0122 e. The molecule has 0 amide bonds. The van der Waals surface area contributed by atoms with E-state index in [1.54, 1.807) is 0 Å². The minimum absolute atomic E-state index is 1.34. The topological polar surface area (TPSA) is 0 Å². The standard InChI is InChI=1S/C18H22/c1-11-9-13(3)18(14(4)10-11)17-8-7-12(2)15(5)16(17)6/h7-10H,1-6H3. The molecule has 0 spiro atoms. The smallest absolute Gasteiger partial charge is 0.0122 e. The van der Waals surface area contributed by atoms with Gasteiger partial charge >= 0.3 is 0 Å². The van der Waals surface area contributed by atoms with E-state index in [9.17, 15) is 0 Å². The number of benzene rings is 2. The van der Waals surface area contributed by atoms with Crippen LogP contribution in [0, 0.1) is 41.5 Å². The van der Waals surface area contributed by atoms with Gasteiger partial charge in [0.25, 0.3) is 0 Å². The van der Waals surface area contributed by atoms with Gasteiger partial charge in [-0.3, -0.25) is 0 Å². The lowest BCUT2D eigenvalue weighted by atomic mass is 9.88. The largest absolute Gasteiger partial charge is 0.0584 e. The summed E-state index contributed by atoms with van der Waals surface area (Å²) in [6, 6.07) is 9.05. The van der Waals surface area contributed by atoms with Gasteiger partial charge in [0.1, 0.15) is 0 Å². The SMILES string of the molecule is Cc1cc(C)c(-c2ccc(C)c(C)c2C)c(C)c1. The van der Waals surface area contributed by atoms with Gasteiger partial charge in [0.2, 0.25) is 0 Å². The quantitative estimate of drug-likeness (QED) is 0.640. The van der Waals surface area contributed by atoms with Crippen molar-refractivity contribution in [2.45, 2.75) is 41.5 Å². The van der Waals surface area contributed by atoms with E-state index >= 15 is 0 Å². The molecule has 0 saturated heterocycles. The zero-order valence-corrected chi connectivity index (χ0v) is 12.3. The van der Waals surface area contributed by atoms with E-state index in [-0.39, 0.29) is 0 Å². The summed E-state index contributed by atoms with van der Waals surface area (Å²) in [7, 11) is 0. The number of aryl methyl sites for hydroxylation is 4. The Morgan fingerprint density at radius 3 is 1.72 bits per heavy atom. The van der Waals surface area contributed by atoms with Crippen molar-refractivity contribution in [3.05, 3.63) is 57.6 Å². The molecule has 0 heteroatoms. The van der Waals surface area contributed by atoms with Gasteiger partial charge in [-0.15, -0.1) is 0 Å². The summed E-state index contributed by atoms with van der Waals surface area (Å²) < 4.78 is 0. The molecule has 0 aliphatic rings. The molecule has 18 heavy (non-hydrogen) atoms. The second-order valence-electron chi connectivity index (χ2n) is 5.45. The zero-order chi connectivity index (χ0) is 13.4. The van der Waals surface area contributed by atoms with Crippen LogP contribution in [0.15, 0.2) is 24.3 Å². The third-order valence-electron chi connectivity index (χ3n) is 4.00. The van der Waals surface area contributed by atoms with Crippen molar-refractivity contribution in [2.24, 2.45) is 0 Å². The molecule has 0 aliphatic heterocycles. The summed E-state index contributed by atoms with van der Waals surface area (Å²) in [6.07, 6.45) is 0. The Kier molecular flexibility index (Phi) is 3.30. The monoisotopic (exact) mass is 238 g/mol. The van der Waals surface area contributed by atoms with Crippen LogP contribution in [0.1, 0.15) is 33.4 Å². The molecule has 0 atom stereocenters. The first-order valence-corrected chi connectivity index (χ1v) is 6.57. The lowest BCUT2D eigenvalue weighted by molar-refractivity contribution is 1.25. The molecule has 94 valence electrons. The molecule has 2 aromatic carbocycles. The van der Waals surface area contributed by atoms with E-state index in [2.05, 4.69) is 65.8 Å². The first kappa shape index (κ1) is 12.9. The molecule has 2 rings (SSSR count). The second kappa shape index (κ2) is 4.61. The highest BCUT2D eigenvalue weighted by Gasteiger charge is 2.11. The van der Waals surface area contributed by atoms with E-state index in [4.69, 9.17) is 0 Å². The summed E-state index contributed by atoms with van der Waals surface area (Å²) in [5.74, 6) is 0. The number of rotatable bonds is 1. The summed E-state index contributed by atoms with van der Waals surface area (Å²) in [5.41, 5.74) is 11.1. The Hall–Kier alpha value is -1.56. The fourth-order valence-corrected chi connectivity index (χ4v) is 2.83. The fourth-order valence-electron chi connectivity index (χ4n) is 2.83. The van der Waals surface area contributed by atoms with Crippen LogP contribution in [-0.4, -0.2) is 0 Å². The Morgan fingerprint density at radius 1 is 0.611 bits per heavy atom. The van der Waals surface area contributed by atoms with Crippen molar-refractivity contribution in [1.29, 1.82) is 0 Å². The molecule has 0 aliphatic carbocycles. The predicted octanol–water partition coefficient (Wildman–Crippen LogP) is 5.20. The van der Waals surface area contributed by atoms with Crippen LogP contribution in [0.3, 0.4) is 0 Å².